The second kappa shape index (κ2) is 11.6. The molecule has 0 aliphatic rings. The summed E-state index contributed by atoms with van der Waals surface area (Å²) in [4.78, 5) is 37.7. The van der Waals surface area contributed by atoms with Crippen LogP contribution in [0.25, 0.3) is 0 Å². The number of primary amides is 1. The highest BCUT2D eigenvalue weighted by Crippen LogP contribution is 2.31. The van der Waals surface area contributed by atoms with Crippen molar-refractivity contribution in [3.05, 3.63) is 70.8 Å². The molecule has 0 saturated heterocycles. The van der Waals surface area contributed by atoms with Crippen molar-refractivity contribution in [1.29, 1.82) is 0 Å². The van der Waals surface area contributed by atoms with Crippen molar-refractivity contribution in [2.75, 3.05) is 13.1 Å². The van der Waals surface area contributed by atoms with E-state index in [0.29, 0.717) is 12.6 Å². The van der Waals surface area contributed by atoms with E-state index < -0.39 is 47.0 Å². The molecule has 0 radical (unpaired) electrons. The molecule has 196 valence electrons. The van der Waals surface area contributed by atoms with Crippen LogP contribution in [0, 0.1) is 5.41 Å². The fourth-order valence-corrected chi connectivity index (χ4v) is 3.68. The number of benzene rings is 2. The molecule has 1 unspecified atom stereocenters. The molecule has 0 aromatic heterocycles. The van der Waals surface area contributed by atoms with Gasteiger partial charge in [0.25, 0.3) is 5.91 Å². The van der Waals surface area contributed by atoms with Crippen molar-refractivity contribution in [3.63, 3.8) is 0 Å². The van der Waals surface area contributed by atoms with Crippen LogP contribution in [-0.4, -0.2) is 36.3 Å². The summed E-state index contributed by atoms with van der Waals surface area (Å²) < 4.78 is 38.8. The summed E-state index contributed by atoms with van der Waals surface area (Å²) in [6.45, 7) is 7.19. The van der Waals surface area contributed by atoms with Crippen LogP contribution in [-0.2, 0) is 28.7 Å². The predicted octanol–water partition coefficient (Wildman–Crippen LogP) is 3.17. The van der Waals surface area contributed by atoms with Crippen LogP contribution in [0.2, 0.25) is 0 Å². The first-order valence-electron chi connectivity index (χ1n) is 11.5. The number of aryl methyl sites for hydroxylation is 1. The minimum absolute atomic E-state index is 0.0225. The number of carbonyl (C=O) groups excluding carboxylic acids is 3. The van der Waals surface area contributed by atoms with Gasteiger partial charge >= 0.3 is 6.18 Å². The van der Waals surface area contributed by atoms with Crippen molar-refractivity contribution in [2.45, 2.75) is 52.4 Å². The molecule has 0 spiro atoms. The Labute approximate surface area is 209 Å². The summed E-state index contributed by atoms with van der Waals surface area (Å²) >= 11 is 0. The number of hydrogen-bond donors (Lipinski definition) is 4. The van der Waals surface area contributed by atoms with E-state index in [1.54, 1.807) is 20.8 Å². The molecule has 2 aromatic carbocycles. The van der Waals surface area contributed by atoms with Crippen molar-refractivity contribution in [3.8, 4) is 0 Å². The zero-order valence-corrected chi connectivity index (χ0v) is 20.9. The van der Waals surface area contributed by atoms with E-state index in [1.807, 2.05) is 24.3 Å². The van der Waals surface area contributed by atoms with E-state index in [0.717, 1.165) is 24.1 Å². The molecule has 3 amide bonds. The lowest BCUT2D eigenvalue weighted by Crippen LogP contribution is -2.69. The fourth-order valence-electron chi connectivity index (χ4n) is 3.68. The number of rotatable bonds is 10. The average Bonchev–Trinajstić information content (AvgIpc) is 2.81. The highest BCUT2D eigenvalue weighted by Gasteiger charge is 2.48. The zero-order chi connectivity index (χ0) is 27.1. The third-order valence-corrected chi connectivity index (χ3v) is 6.07. The molecule has 7 nitrogen and oxygen atoms in total. The van der Waals surface area contributed by atoms with Gasteiger partial charge < -0.3 is 21.7 Å². The number of halogens is 3. The lowest BCUT2D eigenvalue weighted by Gasteiger charge is -2.43. The van der Waals surface area contributed by atoms with Crippen LogP contribution in [0.15, 0.2) is 48.5 Å². The summed E-state index contributed by atoms with van der Waals surface area (Å²) in [6.07, 6.45) is -3.69. The first-order chi connectivity index (χ1) is 16.7. The first kappa shape index (κ1) is 28.8. The first-order valence-corrected chi connectivity index (χ1v) is 11.5. The van der Waals surface area contributed by atoms with Gasteiger partial charge in [-0.15, -0.1) is 0 Å². The van der Waals surface area contributed by atoms with Crippen LogP contribution in [0.3, 0.4) is 0 Å². The predicted molar refractivity (Wildman–Crippen MR) is 131 cm³/mol. The molecular weight excluding hydrogens is 473 g/mol. The van der Waals surface area contributed by atoms with Crippen molar-refractivity contribution >= 4 is 17.7 Å². The smallest absolute Gasteiger partial charge is 0.368 e. The second-order valence-corrected chi connectivity index (χ2v) is 9.60. The monoisotopic (exact) mass is 506 g/mol. The summed E-state index contributed by atoms with van der Waals surface area (Å²) in [7, 11) is 0. The van der Waals surface area contributed by atoms with E-state index in [-0.39, 0.29) is 12.1 Å². The third-order valence-electron chi connectivity index (χ3n) is 6.07. The van der Waals surface area contributed by atoms with Crippen LogP contribution in [0.1, 0.15) is 54.7 Å². The highest BCUT2D eigenvalue weighted by atomic mass is 19.4. The van der Waals surface area contributed by atoms with Gasteiger partial charge in [0.2, 0.25) is 11.8 Å². The SMILES string of the molecule is CCc1ccc(CNCC(NC(=O)CNC(=O)c2cccc(C(F)(F)F)c2)(C(N)=O)C(C)(C)C)cc1. The maximum absolute atomic E-state index is 12.9. The molecular formula is C26H33F3N4O3. The Bertz CT molecular complexity index is 1080. The van der Waals surface area contributed by atoms with Gasteiger partial charge in [0.05, 0.1) is 12.1 Å². The van der Waals surface area contributed by atoms with E-state index in [4.69, 9.17) is 5.73 Å². The molecule has 0 fully saturated rings. The van der Waals surface area contributed by atoms with Gasteiger partial charge in [-0.3, -0.25) is 14.4 Å². The lowest BCUT2D eigenvalue weighted by molar-refractivity contribution is -0.137. The largest absolute Gasteiger partial charge is 0.416 e. The maximum atomic E-state index is 12.9. The summed E-state index contributed by atoms with van der Waals surface area (Å²) in [5.41, 5.74) is 4.39. The number of nitrogens with two attached hydrogens (primary N) is 1. The van der Waals surface area contributed by atoms with Crippen molar-refractivity contribution in [1.82, 2.24) is 16.0 Å². The molecule has 2 aromatic rings. The van der Waals surface area contributed by atoms with Crippen molar-refractivity contribution in [2.24, 2.45) is 11.1 Å². The molecule has 2 rings (SSSR count). The van der Waals surface area contributed by atoms with E-state index in [9.17, 15) is 27.6 Å². The van der Waals surface area contributed by atoms with E-state index in [2.05, 4.69) is 22.9 Å². The quantitative estimate of drug-likeness (QED) is 0.396. The van der Waals surface area contributed by atoms with Gasteiger partial charge in [-0.05, 0) is 41.2 Å². The van der Waals surface area contributed by atoms with Crippen LogP contribution >= 0.6 is 0 Å². The molecule has 0 aliphatic heterocycles. The fraction of sp³-hybridized carbons (Fsp3) is 0.423. The van der Waals surface area contributed by atoms with Gasteiger partial charge in [0, 0.05) is 18.7 Å². The minimum Gasteiger partial charge on any atom is -0.368 e. The number of amides is 3. The standard InChI is InChI=1S/C26H33F3N4O3/c1-5-17-9-11-18(12-10-17)14-31-16-25(23(30)36,24(2,3)4)33-21(34)15-32-22(35)19-7-6-8-20(13-19)26(27,28)29/h6-13,31H,5,14-16H2,1-4H3,(H2,30,36)(H,32,35)(H,33,34). The number of nitrogens with one attached hydrogen (secondary N) is 3. The Hall–Kier alpha value is -3.40. The number of alkyl halides is 3. The Kier molecular flexibility index (Phi) is 9.26. The van der Waals surface area contributed by atoms with Gasteiger partial charge in [0.15, 0.2) is 0 Å². The van der Waals surface area contributed by atoms with Gasteiger partial charge in [0.1, 0.15) is 5.54 Å². The Balaban J connectivity index is 2.08. The third kappa shape index (κ3) is 7.30. The normalized spacial score (nSPS) is 13.5. The summed E-state index contributed by atoms with van der Waals surface area (Å²) in [5.74, 6) is -2.33. The van der Waals surface area contributed by atoms with E-state index >= 15 is 0 Å². The number of hydrogen-bond acceptors (Lipinski definition) is 4. The molecule has 5 N–H and O–H groups in total. The number of carbonyl (C=O) groups is 3. The van der Waals surface area contributed by atoms with Gasteiger partial charge in [-0.1, -0.05) is 58.0 Å². The Morgan fingerprint density at radius 2 is 1.56 bits per heavy atom. The Morgan fingerprint density at radius 3 is 2.08 bits per heavy atom. The minimum atomic E-state index is -4.60. The van der Waals surface area contributed by atoms with Crippen molar-refractivity contribution < 1.29 is 27.6 Å². The lowest BCUT2D eigenvalue weighted by atomic mass is 9.72. The molecule has 0 bridgehead atoms. The Morgan fingerprint density at radius 1 is 0.944 bits per heavy atom. The highest BCUT2D eigenvalue weighted by molar-refractivity contribution is 5.98. The molecule has 0 saturated carbocycles. The zero-order valence-electron chi connectivity index (χ0n) is 20.9. The van der Waals surface area contributed by atoms with E-state index in [1.165, 1.54) is 11.6 Å². The van der Waals surface area contributed by atoms with Gasteiger partial charge in [-0.25, -0.2) is 0 Å². The second-order valence-electron chi connectivity index (χ2n) is 9.60. The van der Waals surface area contributed by atoms with Crippen LogP contribution in [0.4, 0.5) is 13.2 Å². The molecule has 1 atom stereocenters. The molecule has 10 heteroatoms. The topological polar surface area (TPSA) is 113 Å². The molecule has 0 aliphatic carbocycles. The molecule has 36 heavy (non-hydrogen) atoms. The van der Waals surface area contributed by atoms with Crippen LogP contribution < -0.4 is 21.7 Å². The molecule has 0 heterocycles. The van der Waals surface area contributed by atoms with Crippen LogP contribution in [0.5, 0.6) is 0 Å². The summed E-state index contributed by atoms with van der Waals surface area (Å²) in [5, 5.41) is 8.11. The summed E-state index contributed by atoms with van der Waals surface area (Å²) in [6, 6.07) is 11.8. The van der Waals surface area contributed by atoms with Gasteiger partial charge in [-0.2, -0.15) is 13.2 Å². The average molecular weight is 507 g/mol. The maximum Gasteiger partial charge on any atom is 0.416 e.